The van der Waals surface area contributed by atoms with Crippen molar-refractivity contribution in [2.24, 2.45) is 23.1 Å². The average molecular weight is 532 g/mol. The molecule has 4 unspecified atom stereocenters. The topological polar surface area (TPSA) is 253 Å². The highest BCUT2D eigenvalue weighted by molar-refractivity contribution is 5.97. The maximum absolute atomic E-state index is 13.0. The van der Waals surface area contributed by atoms with Gasteiger partial charge in [-0.2, -0.15) is 0 Å². The molecule has 11 N–H and O–H groups in total. The van der Waals surface area contributed by atoms with Crippen LogP contribution >= 0.6 is 0 Å². The minimum atomic E-state index is -1.60. The first-order chi connectivity index (χ1) is 17.8. The molecule has 0 bridgehead atoms. The van der Waals surface area contributed by atoms with E-state index in [-0.39, 0.29) is 12.3 Å². The summed E-state index contributed by atoms with van der Waals surface area (Å²) < 4.78 is 0. The fourth-order valence-corrected chi connectivity index (χ4v) is 3.66. The van der Waals surface area contributed by atoms with Crippen molar-refractivity contribution in [3.63, 3.8) is 0 Å². The van der Waals surface area contributed by atoms with Gasteiger partial charge < -0.3 is 43.2 Å². The number of carboxylic acids is 1. The van der Waals surface area contributed by atoms with Crippen LogP contribution in [0.3, 0.4) is 0 Å². The van der Waals surface area contributed by atoms with Crippen LogP contribution in [0.5, 0.6) is 0 Å². The molecule has 0 saturated heterocycles. The monoisotopic (exact) mass is 531 g/mol. The number of carbonyl (C=O) groups is 6. The van der Waals surface area contributed by atoms with Crippen LogP contribution in [0.15, 0.2) is 30.5 Å². The third-order valence-corrected chi connectivity index (χ3v) is 5.81. The Kier molecular flexibility index (Phi) is 10.3. The minimum Gasteiger partial charge on any atom is -0.480 e. The molecule has 1 aromatic carbocycles. The summed E-state index contributed by atoms with van der Waals surface area (Å²) in [6.07, 6.45) is 0.218. The predicted octanol–water partition coefficient (Wildman–Crippen LogP) is -2.02. The van der Waals surface area contributed by atoms with Gasteiger partial charge in [-0.1, -0.05) is 32.0 Å². The van der Waals surface area contributed by atoms with Gasteiger partial charge in [-0.05, 0) is 17.5 Å². The van der Waals surface area contributed by atoms with Gasteiger partial charge in [0.15, 0.2) is 0 Å². The lowest BCUT2D eigenvalue weighted by Gasteiger charge is -2.25. The van der Waals surface area contributed by atoms with E-state index in [1.54, 1.807) is 44.3 Å². The van der Waals surface area contributed by atoms with Crippen molar-refractivity contribution in [3.05, 3.63) is 36.0 Å². The molecule has 2 rings (SSSR count). The third kappa shape index (κ3) is 8.30. The Morgan fingerprint density at radius 2 is 1.34 bits per heavy atom. The van der Waals surface area contributed by atoms with Crippen molar-refractivity contribution in [3.8, 4) is 0 Å². The number of rotatable bonds is 14. The highest BCUT2D eigenvalue weighted by Crippen LogP contribution is 2.19. The Labute approximate surface area is 218 Å². The van der Waals surface area contributed by atoms with Gasteiger partial charge in [-0.25, -0.2) is 4.79 Å². The molecular formula is C24H33N7O7. The number of nitrogens with one attached hydrogen (secondary N) is 4. The molecule has 5 amide bonds. The summed E-state index contributed by atoms with van der Waals surface area (Å²) in [5, 5.41) is 17.3. The lowest BCUT2D eigenvalue weighted by molar-refractivity contribution is -0.142. The number of hydrogen-bond donors (Lipinski definition) is 8. The summed E-state index contributed by atoms with van der Waals surface area (Å²) in [6, 6.07) is 1.66. The fraction of sp³-hybridized carbons (Fsp3) is 0.417. The molecule has 0 aliphatic heterocycles. The van der Waals surface area contributed by atoms with Crippen molar-refractivity contribution in [2.75, 3.05) is 0 Å². The Bertz CT molecular complexity index is 1210. The quantitative estimate of drug-likeness (QED) is 0.135. The summed E-state index contributed by atoms with van der Waals surface area (Å²) in [5.41, 5.74) is 17.6. The van der Waals surface area contributed by atoms with Crippen molar-refractivity contribution >= 4 is 46.4 Å². The zero-order valence-electron chi connectivity index (χ0n) is 21.0. The van der Waals surface area contributed by atoms with Gasteiger partial charge in [-0.15, -0.1) is 0 Å². The number of aliphatic carboxylic acids is 1. The van der Waals surface area contributed by atoms with E-state index in [1.165, 1.54) is 0 Å². The molecule has 0 fully saturated rings. The van der Waals surface area contributed by atoms with Gasteiger partial charge in [0, 0.05) is 23.5 Å². The lowest BCUT2D eigenvalue weighted by Crippen LogP contribution is -2.58. The van der Waals surface area contributed by atoms with E-state index in [9.17, 15) is 33.9 Å². The molecule has 14 heteroatoms. The summed E-state index contributed by atoms with van der Waals surface area (Å²) in [7, 11) is 0. The van der Waals surface area contributed by atoms with E-state index in [0.29, 0.717) is 5.56 Å². The van der Waals surface area contributed by atoms with Crippen molar-refractivity contribution in [1.29, 1.82) is 0 Å². The van der Waals surface area contributed by atoms with Crippen LogP contribution in [0.25, 0.3) is 10.9 Å². The van der Waals surface area contributed by atoms with Gasteiger partial charge in [0.25, 0.3) is 0 Å². The number of H-pyrrole nitrogens is 1. The van der Waals surface area contributed by atoms with Crippen LogP contribution in [0.2, 0.25) is 0 Å². The normalized spacial score (nSPS) is 14.2. The van der Waals surface area contributed by atoms with Crippen LogP contribution in [0, 0.1) is 5.92 Å². The Hall–Kier alpha value is -4.46. The van der Waals surface area contributed by atoms with Crippen LogP contribution in [-0.2, 0) is 35.2 Å². The van der Waals surface area contributed by atoms with E-state index in [4.69, 9.17) is 17.2 Å². The molecule has 4 atom stereocenters. The van der Waals surface area contributed by atoms with Crippen molar-refractivity contribution < 1.29 is 33.9 Å². The molecule has 1 aromatic heterocycles. The molecule has 1 heterocycles. The van der Waals surface area contributed by atoms with Crippen LogP contribution < -0.4 is 33.2 Å². The van der Waals surface area contributed by atoms with Crippen LogP contribution in [0.4, 0.5) is 0 Å². The number of aromatic nitrogens is 1. The van der Waals surface area contributed by atoms with E-state index < -0.39 is 72.5 Å². The zero-order chi connectivity index (χ0) is 28.6. The number of para-hydroxylation sites is 1. The summed E-state index contributed by atoms with van der Waals surface area (Å²) in [5.74, 6) is -6.29. The Morgan fingerprint density at radius 1 is 0.842 bits per heavy atom. The number of aromatic amines is 1. The summed E-state index contributed by atoms with van der Waals surface area (Å²) >= 11 is 0. The maximum Gasteiger partial charge on any atom is 0.326 e. The smallest absolute Gasteiger partial charge is 0.326 e. The zero-order valence-corrected chi connectivity index (χ0v) is 21.0. The highest BCUT2D eigenvalue weighted by Gasteiger charge is 2.32. The van der Waals surface area contributed by atoms with Crippen molar-refractivity contribution in [2.45, 2.75) is 57.3 Å². The van der Waals surface area contributed by atoms with Gasteiger partial charge in [0.1, 0.15) is 18.1 Å². The second-order valence-corrected chi connectivity index (χ2v) is 9.20. The minimum absolute atomic E-state index is 0.101. The van der Waals surface area contributed by atoms with Crippen LogP contribution in [-0.4, -0.2) is 69.8 Å². The molecule has 14 nitrogen and oxygen atoms in total. The van der Waals surface area contributed by atoms with Gasteiger partial charge in [-0.3, -0.25) is 24.0 Å². The van der Waals surface area contributed by atoms with E-state index in [2.05, 4.69) is 20.9 Å². The number of carboxylic acid groups (broad SMARTS) is 1. The van der Waals surface area contributed by atoms with Gasteiger partial charge in [0.2, 0.25) is 29.5 Å². The van der Waals surface area contributed by atoms with Crippen LogP contribution in [0.1, 0.15) is 32.3 Å². The number of benzene rings is 1. The summed E-state index contributed by atoms with van der Waals surface area (Å²) in [4.78, 5) is 76.3. The average Bonchev–Trinajstić information content (AvgIpc) is 3.24. The third-order valence-electron chi connectivity index (χ3n) is 5.81. The number of primary amides is 2. The van der Waals surface area contributed by atoms with Crippen molar-refractivity contribution in [1.82, 2.24) is 20.9 Å². The first-order valence-electron chi connectivity index (χ1n) is 11.8. The van der Waals surface area contributed by atoms with Gasteiger partial charge in [0.05, 0.1) is 18.9 Å². The highest BCUT2D eigenvalue weighted by atomic mass is 16.4. The Balaban J connectivity index is 2.20. The second kappa shape index (κ2) is 13.2. The predicted molar refractivity (Wildman–Crippen MR) is 136 cm³/mol. The van der Waals surface area contributed by atoms with E-state index >= 15 is 0 Å². The molecule has 2 aromatic rings. The molecule has 0 radical (unpaired) electrons. The summed E-state index contributed by atoms with van der Waals surface area (Å²) in [6.45, 7) is 3.35. The largest absolute Gasteiger partial charge is 0.480 e. The molecule has 206 valence electrons. The van der Waals surface area contributed by atoms with E-state index in [1.807, 2.05) is 0 Å². The lowest BCUT2D eigenvalue weighted by atomic mass is 10.0. The number of carbonyl (C=O) groups excluding carboxylic acids is 5. The second-order valence-electron chi connectivity index (χ2n) is 9.20. The molecule has 38 heavy (non-hydrogen) atoms. The maximum atomic E-state index is 13.0. The van der Waals surface area contributed by atoms with E-state index in [0.717, 1.165) is 10.9 Å². The molecule has 0 saturated carbocycles. The standard InChI is InChI=1S/C24H33N7O7/c1-11(2)20(27)23(36)30-16(9-19(26)33)21(34)29-15(8-18(25)32)22(35)31-17(24(37)38)7-12-10-28-14-6-4-3-5-13(12)14/h3-6,10-11,15-17,20,28H,7-9,27H2,1-2H3,(H2,25,32)(H2,26,33)(H,29,34)(H,30,36)(H,31,35)(H,37,38). The Morgan fingerprint density at radius 3 is 1.84 bits per heavy atom. The molecule has 0 aliphatic rings. The molecule has 0 aliphatic carbocycles. The number of amides is 5. The SMILES string of the molecule is CC(C)C(N)C(=O)NC(CC(N)=O)C(=O)NC(CC(N)=O)C(=O)NC(Cc1c[nH]c2ccccc12)C(=O)O. The number of nitrogens with two attached hydrogens (primary N) is 3. The first kappa shape index (κ1) is 29.8. The fourth-order valence-electron chi connectivity index (χ4n) is 3.66. The van der Waals surface area contributed by atoms with Gasteiger partial charge >= 0.3 is 5.97 Å². The number of fused-ring (bicyclic) bond motifs is 1. The number of hydrogen-bond acceptors (Lipinski definition) is 7. The molecular weight excluding hydrogens is 498 g/mol. The first-order valence-corrected chi connectivity index (χ1v) is 11.8. The molecule has 0 spiro atoms.